The minimum atomic E-state index is 0.124. The fraction of sp³-hybridized carbons (Fsp3) is 0.765. The van der Waals surface area contributed by atoms with Crippen LogP contribution in [0.3, 0.4) is 0 Å². The lowest BCUT2D eigenvalue weighted by molar-refractivity contribution is -0.126. The van der Waals surface area contributed by atoms with Gasteiger partial charge in [0.1, 0.15) is 0 Å². The van der Waals surface area contributed by atoms with E-state index in [1.807, 2.05) is 19.0 Å². The zero-order valence-electron chi connectivity index (χ0n) is 15.2. The molecule has 0 aromatic carbocycles. The summed E-state index contributed by atoms with van der Waals surface area (Å²) in [4.78, 5) is 29.9. The quantitative estimate of drug-likeness (QED) is 0.849. The molecule has 0 unspecified atom stereocenters. The van der Waals surface area contributed by atoms with Crippen molar-refractivity contribution in [1.82, 2.24) is 20.3 Å². The van der Waals surface area contributed by atoms with Crippen molar-refractivity contribution in [2.24, 2.45) is 5.92 Å². The third kappa shape index (κ3) is 4.78. The van der Waals surface area contributed by atoms with Gasteiger partial charge >= 0.3 is 0 Å². The molecule has 1 aliphatic heterocycles. The van der Waals surface area contributed by atoms with Crippen molar-refractivity contribution in [3.63, 3.8) is 0 Å². The molecule has 138 valence electrons. The summed E-state index contributed by atoms with van der Waals surface area (Å²) in [5, 5.41) is 3.01. The molecule has 0 radical (unpaired) electrons. The van der Waals surface area contributed by atoms with E-state index in [2.05, 4.69) is 25.2 Å². The van der Waals surface area contributed by atoms with Gasteiger partial charge in [-0.25, -0.2) is 0 Å². The van der Waals surface area contributed by atoms with E-state index < -0.39 is 0 Å². The molecule has 1 saturated carbocycles. The molecule has 2 fully saturated rings. The molecule has 1 aromatic heterocycles. The highest BCUT2D eigenvalue weighted by Gasteiger charge is 2.22. The van der Waals surface area contributed by atoms with Gasteiger partial charge in [-0.2, -0.15) is 15.0 Å². The van der Waals surface area contributed by atoms with Gasteiger partial charge in [-0.1, -0.05) is 19.3 Å². The molecule has 1 saturated heterocycles. The van der Waals surface area contributed by atoms with Crippen molar-refractivity contribution < 1.29 is 9.53 Å². The maximum Gasteiger partial charge on any atom is 0.230 e. The van der Waals surface area contributed by atoms with Gasteiger partial charge in [0.15, 0.2) is 5.82 Å². The van der Waals surface area contributed by atoms with Crippen LogP contribution >= 0.6 is 0 Å². The Hall–Kier alpha value is -1.96. The van der Waals surface area contributed by atoms with Crippen molar-refractivity contribution in [1.29, 1.82) is 0 Å². The summed E-state index contributed by atoms with van der Waals surface area (Å²) in [6.45, 7) is 3.24. The Labute approximate surface area is 149 Å². The molecule has 1 amide bonds. The standard InChI is InChI=1S/C17H28N6O2/c1-22(2)16-19-14(12-18-15(24)13-6-4-3-5-7-13)20-17(21-16)23-8-10-25-11-9-23/h13H,3-12H2,1-2H3,(H,18,24). The van der Waals surface area contributed by atoms with Crippen molar-refractivity contribution in [3.05, 3.63) is 5.82 Å². The van der Waals surface area contributed by atoms with E-state index in [1.165, 1.54) is 6.42 Å². The Kier molecular flexibility index (Phi) is 6.01. The number of aromatic nitrogens is 3. The van der Waals surface area contributed by atoms with Gasteiger partial charge in [-0.05, 0) is 12.8 Å². The minimum Gasteiger partial charge on any atom is -0.378 e. The number of carbonyl (C=O) groups is 1. The van der Waals surface area contributed by atoms with Gasteiger partial charge in [0.25, 0.3) is 0 Å². The number of carbonyl (C=O) groups excluding carboxylic acids is 1. The van der Waals surface area contributed by atoms with E-state index in [-0.39, 0.29) is 11.8 Å². The summed E-state index contributed by atoms with van der Waals surface area (Å²) in [7, 11) is 3.81. The van der Waals surface area contributed by atoms with E-state index in [4.69, 9.17) is 4.74 Å². The van der Waals surface area contributed by atoms with Crippen molar-refractivity contribution in [2.75, 3.05) is 50.2 Å². The molecule has 0 spiro atoms. The van der Waals surface area contributed by atoms with Crippen molar-refractivity contribution >= 4 is 17.8 Å². The lowest BCUT2D eigenvalue weighted by atomic mass is 9.89. The summed E-state index contributed by atoms with van der Waals surface area (Å²) in [6, 6.07) is 0. The average Bonchev–Trinajstić information content (AvgIpc) is 2.67. The fourth-order valence-corrected chi connectivity index (χ4v) is 3.25. The van der Waals surface area contributed by atoms with E-state index in [1.54, 1.807) is 0 Å². The van der Waals surface area contributed by atoms with Gasteiger partial charge in [-0.3, -0.25) is 4.79 Å². The van der Waals surface area contributed by atoms with Crippen molar-refractivity contribution in [3.8, 4) is 0 Å². The summed E-state index contributed by atoms with van der Waals surface area (Å²) in [5.74, 6) is 2.13. The lowest BCUT2D eigenvalue weighted by Gasteiger charge is -2.27. The van der Waals surface area contributed by atoms with E-state index in [0.29, 0.717) is 37.5 Å². The van der Waals surface area contributed by atoms with Crippen LogP contribution in [0.1, 0.15) is 37.9 Å². The molecule has 0 atom stereocenters. The summed E-state index contributed by atoms with van der Waals surface area (Å²) in [5.41, 5.74) is 0. The van der Waals surface area contributed by atoms with Crippen LogP contribution in [0.5, 0.6) is 0 Å². The monoisotopic (exact) mass is 348 g/mol. The zero-order chi connectivity index (χ0) is 17.6. The van der Waals surface area contributed by atoms with Gasteiger partial charge in [0, 0.05) is 33.1 Å². The highest BCUT2D eigenvalue weighted by atomic mass is 16.5. The van der Waals surface area contributed by atoms with Gasteiger partial charge in [-0.15, -0.1) is 0 Å². The molecule has 2 aliphatic rings. The normalized spacial score (nSPS) is 18.9. The number of hydrogen-bond donors (Lipinski definition) is 1. The lowest BCUT2D eigenvalue weighted by Crippen LogP contribution is -2.38. The van der Waals surface area contributed by atoms with Crippen LogP contribution in [0.2, 0.25) is 0 Å². The van der Waals surface area contributed by atoms with Crippen LogP contribution in [0.15, 0.2) is 0 Å². The number of anilines is 2. The minimum absolute atomic E-state index is 0.124. The van der Waals surface area contributed by atoms with Crippen LogP contribution in [-0.2, 0) is 16.1 Å². The number of morpholine rings is 1. The molecule has 8 nitrogen and oxygen atoms in total. The molecular formula is C17H28N6O2. The molecule has 1 aliphatic carbocycles. The fourth-order valence-electron chi connectivity index (χ4n) is 3.25. The van der Waals surface area contributed by atoms with E-state index >= 15 is 0 Å². The van der Waals surface area contributed by atoms with Gasteiger partial charge in [0.2, 0.25) is 17.8 Å². The first-order chi connectivity index (χ1) is 12.1. The van der Waals surface area contributed by atoms with Crippen molar-refractivity contribution in [2.45, 2.75) is 38.6 Å². The molecule has 1 aromatic rings. The number of nitrogens with one attached hydrogen (secondary N) is 1. The summed E-state index contributed by atoms with van der Waals surface area (Å²) >= 11 is 0. The predicted molar refractivity (Wildman–Crippen MR) is 95.6 cm³/mol. The largest absolute Gasteiger partial charge is 0.378 e. The second-order valence-electron chi connectivity index (χ2n) is 6.90. The maximum atomic E-state index is 12.4. The number of ether oxygens (including phenoxy) is 1. The van der Waals surface area contributed by atoms with Crippen LogP contribution < -0.4 is 15.1 Å². The molecule has 0 bridgehead atoms. The zero-order valence-corrected chi connectivity index (χ0v) is 15.2. The van der Waals surface area contributed by atoms with Crippen LogP contribution in [0.4, 0.5) is 11.9 Å². The van der Waals surface area contributed by atoms with E-state index in [9.17, 15) is 4.79 Å². The summed E-state index contributed by atoms with van der Waals surface area (Å²) < 4.78 is 5.39. The Bertz CT molecular complexity index is 583. The Morgan fingerprint density at radius 2 is 1.88 bits per heavy atom. The first-order valence-corrected chi connectivity index (χ1v) is 9.16. The smallest absolute Gasteiger partial charge is 0.230 e. The summed E-state index contributed by atoms with van der Waals surface area (Å²) in [6.07, 6.45) is 5.52. The SMILES string of the molecule is CN(C)c1nc(CNC(=O)C2CCCCC2)nc(N2CCOCC2)n1. The van der Waals surface area contributed by atoms with Crippen LogP contribution in [-0.4, -0.2) is 61.3 Å². The predicted octanol–water partition coefficient (Wildman–Crippen LogP) is 0.971. The molecule has 2 heterocycles. The number of hydrogen-bond acceptors (Lipinski definition) is 7. The Morgan fingerprint density at radius 3 is 2.56 bits per heavy atom. The second-order valence-corrected chi connectivity index (χ2v) is 6.90. The Balaban J connectivity index is 1.68. The first-order valence-electron chi connectivity index (χ1n) is 9.16. The highest BCUT2D eigenvalue weighted by Crippen LogP contribution is 2.23. The van der Waals surface area contributed by atoms with Crippen LogP contribution in [0.25, 0.3) is 0 Å². The highest BCUT2D eigenvalue weighted by molar-refractivity contribution is 5.78. The molecule has 25 heavy (non-hydrogen) atoms. The number of amides is 1. The van der Waals surface area contributed by atoms with Crippen LogP contribution in [0, 0.1) is 5.92 Å². The van der Waals surface area contributed by atoms with Gasteiger partial charge < -0.3 is 19.9 Å². The number of nitrogens with zero attached hydrogens (tertiary/aromatic N) is 5. The molecule has 3 rings (SSSR count). The van der Waals surface area contributed by atoms with E-state index in [0.717, 1.165) is 38.8 Å². The maximum absolute atomic E-state index is 12.4. The third-order valence-corrected chi connectivity index (χ3v) is 4.75. The molecular weight excluding hydrogens is 320 g/mol. The Morgan fingerprint density at radius 1 is 1.16 bits per heavy atom. The van der Waals surface area contributed by atoms with Gasteiger partial charge in [0.05, 0.1) is 19.8 Å². The second kappa shape index (κ2) is 8.42. The third-order valence-electron chi connectivity index (χ3n) is 4.75. The average molecular weight is 348 g/mol. The molecule has 8 heteroatoms. The number of rotatable bonds is 5. The molecule has 1 N–H and O–H groups in total. The topological polar surface area (TPSA) is 83.5 Å². The first kappa shape index (κ1) is 17.8.